The highest BCUT2D eigenvalue weighted by atomic mass is 79.9. The lowest BCUT2D eigenvalue weighted by atomic mass is 9.97. The molecule has 0 saturated heterocycles. The second kappa shape index (κ2) is 5.69. The minimum absolute atomic E-state index is 0.156. The number of hydrogen-bond donors (Lipinski definition) is 1. The Labute approximate surface area is 145 Å². The second-order valence-electron chi connectivity index (χ2n) is 4.53. The predicted octanol–water partition coefficient (Wildman–Crippen LogP) is 6.94. The average molecular weight is 403 g/mol. The minimum atomic E-state index is 0.156. The van der Waals surface area contributed by atoms with Crippen LogP contribution in [0.3, 0.4) is 0 Å². The molecule has 0 aliphatic carbocycles. The van der Waals surface area contributed by atoms with E-state index in [0.717, 1.165) is 10.8 Å². The monoisotopic (exact) mass is 400 g/mol. The molecule has 0 spiro atoms. The molecule has 21 heavy (non-hydrogen) atoms. The Morgan fingerprint density at radius 1 is 0.905 bits per heavy atom. The Balaban J connectivity index is 2.44. The van der Waals surface area contributed by atoms with Gasteiger partial charge in [0.25, 0.3) is 0 Å². The second-order valence-corrected chi connectivity index (χ2v) is 6.48. The number of halogens is 4. The fourth-order valence-corrected chi connectivity index (χ4v) is 3.53. The number of phenolic OH excluding ortho intramolecular Hbond substituents is 1. The van der Waals surface area contributed by atoms with Crippen LogP contribution < -0.4 is 0 Å². The summed E-state index contributed by atoms with van der Waals surface area (Å²) >= 11 is 21.8. The highest BCUT2D eigenvalue weighted by molar-refractivity contribution is 9.10. The number of benzene rings is 3. The molecule has 0 heterocycles. The van der Waals surface area contributed by atoms with Gasteiger partial charge in [-0.2, -0.15) is 0 Å². The molecular formula is C16H8BrCl3O. The van der Waals surface area contributed by atoms with E-state index in [-0.39, 0.29) is 10.8 Å². The first-order valence-corrected chi connectivity index (χ1v) is 7.97. The van der Waals surface area contributed by atoms with Crippen molar-refractivity contribution in [2.45, 2.75) is 0 Å². The van der Waals surface area contributed by atoms with E-state index in [1.807, 2.05) is 30.3 Å². The van der Waals surface area contributed by atoms with E-state index in [1.54, 1.807) is 12.1 Å². The summed E-state index contributed by atoms with van der Waals surface area (Å²) in [6, 6.07) is 13.0. The zero-order valence-corrected chi connectivity index (χ0v) is 14.4. The van der Waals surface area contributed by atoms with Crippen molar-refractivity contribution in [3.05, 3.63) is 62.0 Å². The Morgan fingerprint density at radius 3 is 2.38 bits per heavy atom. The van der Waals surface area contributed by atoms with E-state index in [4.69, 9.17) is 34.8 Å². The van der Waals surface area contributed by atoms with Gasteiger partial charge in [0.05, 0.1) is 15.1 Å². The van der Waals surface area contributed by atoms with Gasteiger partial charge in [-0.15, -0.1) is 0 Å². The summed E-state index contributed by atoms with van der Waals surface area (Å²) in [4.78, 5) is 0. The van der Waals surface area contributed by atoms with Crippen LogP contribution >= 0.6 is 50.7 Å². The smallest absolute Gasteiger partial charge is 0.124 e. The lowest BCUT2D eigenvalue weighted by Crippen LogP contribution is -1.87. The Kier molecular flexibility index (Phi) is 4.06. The molecule has 106 valence electrons. The van der Waals surface area contributed by atoms with Crippen LogP contribution in [0.5, 0.6) is 5.75 Å². The van der Waals surface area contributed by atoms with Crippen molar-refractivity contribution >= 4 is 61.5 Å². The Morgan fingerprint density at radius 2 is 1.62 bits per heavy atom. The maximum absolute atomic E-state index is 10.3. The maximum atomic E-state index is 10.3. The minimum Gasteiger partial charge on any atom is -0.507 e. The van der Waals surface area contributed by atoms with E-state index in [9.17, 15) is 5.11 Å². The van der Waals surface area contributed by atoms with Crippen LogP contribution in [0.25, 0.3) is 21.9 Å². The lowest BCUT2D eigenvalue weighted by molar-refractivity contribution is 0.478. The molecule has 0 aromatic heterocycles. The summed E-state index contributed by atoms with van der Waals surface area (Å²) in [7, 11) is 0. The molecule has 0 fully saturated rings. The van der Waals surface area contributed by atoms with E-state index in [0.29, 0.717) is 25.6 Å². The van der Waals surface area contributed by atoms with Crippen LogP contribution in [-0.2, 0) is 0 Å². The molecule has 0 aliphatic heterocycles. The highest BCUT2D eigenvalue weighted by Crippen LogP contribution is 2.46. The molecule has 5 heteroatoms. The van der Waals surface area contributed by atoms with Gasteiger partial charge < -0.3 is 5.11 Å². The largest absolute Gasteiger partial charge is 0.507 e. The third-order valence-electron chi connectivity index (χ3n) is 3.28. The molecular weight excluding hydrogens is 394 g/mol. The van der Waals surface area contributed by atoms with Crippen LogP contribution in [0, 0.1) is 0 Å². The fraction of sp³-hybridized carbons (Fsp3) is 0. The summed E-state index contributed by atoms with van der Waals surface area (Å²) in [6.07, 6.45) is 0. The molecule has 0 atom stereocenters. The molecule has 3 aromatic carbocycles. The SMILES string of the molecule is Oc1ccc2ccccc2c1-c1cc(Cl)c(Cl)c(Cl)c1Br. The first kappa shape index (κ1) is 15.0. The molecule has 0 unspecified atom stereocenters. The van der Waals surface area contributed by atoms with E-state index in [2.05, 4.69) is 15.9 Å². The molecule has 0 saturated carbocycles. The lowest BCUT2D eigenvalue weighted by Gasteiger charge is -2.14. The molecule has 3 aromatic rings. The number of fused-ring (bicyclic) bond motifs is 1. The molecule has 0 amide bonds. The molecule has 1 N–H and O–H groups in total. The van der Waals surface area contributed by atoms with Crippen LogP contribution in [-0.4, -0.2) is 5.11 Å². The predicted molar refractivity (Wildman–Crippen MR) is 93.8 cm³/mol. The van der Waals surface area contributed by atoms with Crippen molar-refractivity contribution in [1.29, 1.82) is 0 Å². The fourth-order valence-electron chi connectivity index (χ4n) is 2.30. The first-order valence-electron chi connectivity index (χ1n) is 6.04. The highest BCUT2D eigenvalue weighted by Gasteiger charge is 2.18. The topological polar surface area (TPSA) is 20.2 Å². The van der Waals surface area contributed by atoms with Crippen LogP contribution in [0.4, 0.5) is 0 Å². The van der Waals surface area contributed by atoms with Crippen molar-refractivity contribution in [1.82, 2.24) is 0 Å². The number of hydrogen-bond acceptors (Lipinski definition) is 1. The number of rotatable bonds is 1. The third kappa shape index (κ3) is 2.51. The van der Waals surface area contributed by atoms with Gasteiger partial charge in [-0.25, -0.2) is 0 Å². The van der Waals surface area contributed by atoms with Gasteiger partial charge in [-0.3, -0.25) is 0 Å². The quantitative estimate of drug-likeness (QED) is 0.345. The van der Waals surface area contributed by atoms with Crippen LogP contribution in [0.1, 0.15) is 0 Å². The van der Waals surface area contributed by atoms with Gasteiger partial charge >= 0.3 is 0 Å². The number of phenols is 1. The number of aromatic hydroxyl groups is 1. The summed E-state index contributed by atoms with van der Waals surface area (Å²) in [5.41, 5.74) is 1.36. The van der Waals surface area contributed by atoms with Gasteiger partial charge in [0.15, 0.2) is 0 Å². The van der Waals surface area contributed by atoms with Crippen molar-refractivity contribution in [2.24, 2.45) is 0 Å². The summed E-state index contributed by atoms with van der Waals surface area (Å²) in [6.45, 7) is 0. The average Bonchev–Trinajstić information content (AvgIpc) is 2.49. The molecule has 0 aliphatic rings. The van der Waals surface area contributed by atoms with Crippen LogP contribution in [0.15, 0.2) is 46.9 Å². The van der Waals surface area contributed by atoms with Gasteiger partial charge in [0.2, 0.25) is 0 Å². The van der Waals surface area contributed by atoms with Gasteiger partial charge in [-0.1, -0.05) is 65.1 Å². The first-order chi connectivity index (χ1) is 10.0. The summed E-state index contributed by atoms with van der Waals surface area (Å²) in [5, 5.41) is 13.2. The van der Waals surface area contributed by atoms with Crippen molar-refractivity contribution < 1.29 is 5.11 Å². The van der Waals surface area contributed by atoms with Crippen molar-refractivity contribution in [3.63, 3.8) is 0 Å². The third-order valence-corrected chi connectivity index (χ3v) is 5.59. The van der Waals surface area contributed by atoms with E-state index in [1.165, 1.54) is 0 Å². The zero-order valence-electron chi connectivity index (χ0n) is 10.5. The zero-order chi connectivity index (χ0) is 15.1. The van der Waals surface area contributed by atoms with E-state index < -0.39 is 0 Å². The maximum Gasteiger partial charge on any atom is 0.124 e. The Hall–Kier alpha value is -0.930. The normalized spacial score (nSPS) is 11.0. The van der Waals surface area contributed by atoms with Crippen LogP contribution in [0.2, 0.25) is 15.1 Å². The van der Waals surface area contributed by atoms with Gasteiger partial charge in [-0.05, 0) is 38.8 Å². The molecule has 1 nitrogen and oxygen atoms in total. The van der Waals surface area contributed by atoms with Gasteiger partial charge in [0, 0.05) is 15.6 Å². The van der Waals surface area contributed by atoms with Crippen molar-refractivity contribution in [3.8, 4) is 16.9 Å². The summed E-state index contributed by atoms with van der Waals surface area (Å²) in [5.74, 6) is 0.156. The Bertz CT molecular complexity index is 862. The molecule has 0 radical (unpaired) electrons. The summed E-state index contributed by atoms with van der Waals surface area (Å²) < 4.78 is 0.602. The van der Waals surface area contributed by atoms with Gasteiger partial charge in [0.1, 0.15) is 5.75 Å². The standard InChI is InChI=1S/C16H8BrCl3O/c17-14-10(7-11(18)15(19)16(14)20)13-9-4-2-1-3-8(9)5-6-12(13)21/h1-7,21H. The molecule has 3 rings (SSSR count). The van der Waals surface area contributed by atoms with E-state index >= 15 is 0 Å². The van der Waals surface area contributed by atoms with Crippen molar-refractivity contribution in [2.75, 3.05) is 0 Å². The molecule has 0 bridgehead atoms.